The first-order valence-electron chi connectivity index (χ1n) is 28.3. The lowest BCUT2D eigenvalue weighted by Crippen LogP contribution is -2.28. The molecule has 4 aliphatic rings. The number of anilines is 3. The molecule has 3 aliphatic carbocycles. The van der Waals surface area contributed by atoms with Crippen molar-refractivity contribution in [3.05, 3.63) is 376 Å². The van der Waals surface area contributed by atoms with Crippen LogP contribution in [0.4, 0.5) is 17.1 Å². The summed E-state index contributed by atoms with van der Waals surface area (Å²) in [5.74, 6) is 0. The van der Waals surface area contributed by atoms with Gasteiger partial charge in [0, 0.05) is 39.3 Å². The van der Waals surface area contributed by atoms with Crippen LogP contribution in [0.1, 0.15) is 72.3 Å². The Labute approximate surface area is 478 Å². The largest absolute Gasteiger partial charge is 0.354 e. The Morgan fingerprint density at radius 3 is 1.37 bits per heavy atom. The molecule has 3 heteroatoms. The fraction of sp³-hybridized carbons (Fsp3) is 0.0253. The Bertz CT molecular complexity index is 4510. The molecule has 0 radical (unpaired) electrons. The molecule has 0 atom stereocenters. The second kappa shape index (κ2) is 18.8. The molecule has 3 nitrogen and oxygen atoms in total. The molecule has 82 heavy (non-hydrogen) atoms. The lowest BCUT2D eigenvalue weighted by molar-refractivity contribution is 0.768. The normalized spacial score (nSPS) is 14.7. The highest BCUT2D eigenvalue weighted by atomic mass is 15.1. The number of hydrogen-bond acceptors (Lipinski definition) is 3. The van der Waals surface area contributed by atoms with Crippen molar-refractivity contribution < 1.29 is 0 Å². The first kappa shape index (κ1) is 47.4. The van der Waals surface area contributed by atoms with Gasteiger partial charge in [-0.1, -0.05) is 273 Å². The van der Waals surface area contributed by atoms with Crippen LogP contribution >= 0.6 is 0 Å². The van der Waals surface area contributed by atoms with Gasteiger partial charge in [0.15, 0.2) is 0 Å². The van der Waals surface area contributed by atoms with Crippen molar-refractivity contribution in [2.45, 2.75) is 10.8 Å². The minimum atomic E-state index is -0.617. The van der Waals surface area contributed by atoms with E-state index in [1.165, 1.54) is 77.9 Å². The third kappa shape index (κ3) is 6.87. The number of rotatable bonds is 9. The van der Waals surface area contributed by atoms with E-state index in [4.69, 9.17) is 0 Å². The smallest absolute Gasteiger partial charge is 0.0726 e. The molecule has 12 aromatic carbocycles. The van der Waals surface area contributed by atoms with Gasteiger partial charge < -0.3 is 10.2 Å². The second-order valence-corrected chi connectivity index (χ2v) is 21.9. The minimum absolute atomic E-state index is 0.447. The number of nitrogens with zero attached hydrogens (tertiary/aromatic N) is 1. The summed E-state index contributed by atoms with van der Waals surface area (Å²) in [6.45, 7) is 0. The fourth-order valence-electron chi connectivity index (χ4n) is 14.5. The molecule has 0 unspecified atom stereocenters. The summed E-state index contributed by atoms with van der Waals surface area (Å²) in [4.78, 5) is 2.54. The third-order valence-corrected chi connectivity index (χ3v) is 17.8. The fourth-order valence-corrected chi connectivity index (χ4v) is 14.5. The third-order valence-electron chi connectivity index (χ3n) is 17.8. The van der Waals surface area contributed by atoms with Crippen molar-refractivity contribution in [1.82, 2.24) is 5.32 Å². The SMILES string of the molecule is N=C(/C(=C1\NC(c2ccccc2)=Cc2cc(N(c3ccc4c(c3)C(c3ccccc3)(c3ccccc3)c3ccccc3-4)c3cccc4c3-c3ccccc3C43c4ccccc4-c4ccccc43)ccc21)c1ccccc1)c1ccccc1. The van der Waals surface area contributed by atoms with Gasteiger partial charge in [-0.05, 0) is 125 Å². The van der Waals surface area contributed by atoms with Crippen LogP contribution < -0.4 is 10.2 Å². The van der Waals surface area contributed by atoms with Crippen LogP contribution in [0.5, 0.6) is 0 Å². The number of allylic oxidation sites excluding steroid dienone is 1. The van der Waals surface area contributed by atoms with Gasteiger partial charge in [0.2, 0.25) is 0 Å². The molecule has 1 aliphatic heterocycles. The van der Waals surface area contributed by atoms with Crippen LogP contribution in [0.15, 0.2) is 303 Å². The van der Waals surface area contributed by atoms with Crippen molar-refractivity contribution in [2.75, 3.05) is 4.90 Å². The number of nitrogens with one attached hydrogen (secondary N) is 2. The zero-order valence-corrected chi connectivity index (χ0v) is 44.9. The molecule has 0 saturated carbocycles. The quantitative estimate of drug-likeness (QED) is 0.141. The molecule has 16 rings (SSSR count). The number of fused-ring (bicyclic) bond motifs is 14. The van der Waals surface area contributed by atoms with Crippen LogP contribution in [-0.2, 0) is 10.8 Å². The van der Waals surface area contributed by atoms with Gasteiger partial charge in [0.25, 0.3) is 0 Å². The lowest BCUT2D eigenvalue weighted by atomic mass is 9.67. The summed E-state index contributed by atoms with van der Waals surface area (Å²) in [6.07, 6.45) is 2.30. The lowest BCUT2D eigenvalue weighted by Gasteiger charge is -2.35. The van der Waals surface area contributed by atoms with E-state index in [0.29, 0.717) is 5.71 Å². The molecule has 0 amide bonds. The Balaban J connectivity index is 0.997. The number of benzene rings is 12. The van der Waals surface area contributed by atoms with Gasteiger partial charge in [-0.15, -0.1) is 0 Å². The van der Waals surface area contributed by atoms with Crippen molar-refractivity contribution in [3.63, 3.8) is 0 Å². The van der Waals surface area contributed by atoms with E-state index in [1.807, 2.05) is 36.4 Å². The summed E-state index contributed by atoms with van der Waals surface area (Å²) in [6, 6.07) is 111. The molecule has 0 bridgehead atoms. The Morgan fingerprint density at radius 2 is 0.780 bits per heavy atom. The van der Waals surface area contributed by atoms with Crippen molar-refractivity contribution in [2.24, 2.45) is 0 Å². The molecule has 2 N–H and O–H groups in total. The van der Waals surface area contributed by atoms with E-state index in [-0.39, 0.29) is 0 Å². The van der Waals surface area contributed by atoms with Gasteiger partial charge in [0.05, 0.1) is 27.9 Å². The van der Waals surface area contributed by atoms with E-state index in [2.05, 4.69) is 283 Å². The molecule has 12 aromatic rings. The van der Waals surface area contributed by atoms with Gasteiger partial charge >= 0.3 is 0 Å². The van der Waals surface area contributed by atoms with Crippen LogP contribution in [0.2, 0.25) is 0 Å². The summed E-state index contributed by atoms with van der Waals surface area (Å²) in [5, 5.41) is 14.0. The van der Waals surface area contributed by atoms with Gasteiger partial charge in [-0.2, -0.15) is 0 Å². The molecular weight excluding hydrogens is 991 g/mol. The maximum Gasteiger partial charge on any atom is 0.0726 e. The molecule has 0 fully saturated rings. The van der Waals surface area contributed by atoms with Crippen molar-refractivity contribution in [1.29, 1.82) is 5.41 Å². The van der Waals surface area contributed by atoms with E-state index >= 15 is 0 Å². The zero-order chi connectivity index (χ0) is 54.4. The maximum atomic E-state index is 10.0. The van der Waals surface area contributed by atoms with Crippen LogP contribution in [0.3, 0.4) is 0 Å². The van der Waals surface area contributed by atoms with Crippen molar-refractivity contribution >= 4 is 45.8 Å². The molecular formula is C79H53N3. The van der Waals surface area contributed by atoms with E-state index in [1.54, 1.807) is 0 Å². The minimum Gasteiger partial charge on any atom is -0.354 e. The Kier molecular flexibility index (Phi) is 10.8. The second-order valence-electron chi connectivity index (χ2n) is 21.9. The van der Waals surface area contributed by atoms with E-state index in [0.717, 1.165) is 61.8 Å². The summed E-state index contributed by atoms with van der Waals surface area (Å²) < 4.78 is 0. The van der Waals surface area contributed by atoms with E-state index < -0.39 is 10.8 Å². The predicted molar refractivity (Wildman–Crippen MR) is 339 cm³/mol. The monoisotopic (exact) mass is 1040 g/mol. The van der Waals surface area contributed by atoms with Crippen LogP contribution in [-0.4, -0.2) is 5.71 Å². The number of hydrogen-bond donors (Lipinski definition) is 2. The van der Waals surface area contributed by atoms with E-state index in [9.17, 15) is 5.41 Å². The molecule has 1 heterocycles. The van der Waals surface area contributed by atoms with Gasteiger partial charge in [-0.3, -0.25) is 5.41 Å². The van der Waals surface area contributed by atoms with Crippen LogP contribution in [0.25, 0.3) is 56.4 Å². The molecule has 0 aromatic heterocycles. The molecule has 1 spiro atoms. The average Bonchev–Trinajstić information content (AvgIpc) is 1.82. The Morgan fingerprint density at radius 1 is 0.341 bits per heavy atom. The highest BCUT2D eigenvalue weighted by Gasteiger charge is 2.53. The topological polar surface area (TPSA) is 39.1 Å². The van der Waals surface area contributed by atoms with Crippen molar-refractivity contribution in [3.8, 4) is 33.4 Å². The average molecular weight is 1040 g/mol. The molecule has 384 valence electrons. The summed E-state index contributed by atoms with van der Waals surface area (Å²) >= 11 is 0. The van der Waals surface area contributed by atoms with Crippen LogP contribution in [0, 0.1) is 5.41 Å². The highest BCUT2D eigenvalue weighted by Crippen LogP contribution is 2.65. The van der Waals surface area contributed by atoms with Gasteiger partial charge in [0.1, 0.15) is 0 Å². The summed E-state index contributed by atoms with van der Waals surface area (Å²) in [7, 11) is 0. The first-order valence-corrected chi connectivity index (χ1v) is 28.3. The summed E-state index contributed by atoms with van der Waals surface area (Å²) in [5.41, 5.74) is 27.7. The standard InChI is InChI=1S/C79H53N3/c80-76(54-29-10-3-11-30-54)74(53-27-8-2-9-28-53)77-60-47-45-58(49-55(60)50-72(81-77)52-25-6-1-7-26-52)82(59-46-48-64-63-37-16-20-39-66(63)78(71(64)51-59,56-31-12-4-13-32-56)57-33-14-5-15-34-57)73-44-24-43-70-75(73)65-38-19-23-42-69(65)79(70)67-40-21-17-35-61(67)62-36-18-22-41-68(62)79/h1-51,80-81H/b77-74-,80-76?. The highest BCUT2D eigenvalue weighted by molar-refractivity contribution is 6.36. The predicted octanol–water partition coefficient (Wildman–Crippen LogP) is 18.9. The first-order chi connectivity index (χ1) is 40.6. The van der Waals surface area contributed by atoms with Gasteiger partial charge in [-0.25, -0.2) is 0 Å². The zero-order valence-electron chi connectivity index (χ0n) is 44.9. The molecule has 0 saturated heterocycles. The Hall–Kier alpha value is -10.6. The maximum absolute atomic E-state index is 10.0.